The molecule has 1 aliphatic rings. The van der Waals surface area contributed by atoms with Crippen LogP contribution in [0.2, 0.25) is 0 Å². The Balaban J connectivity index is 1.76. The van der Waals surface area contributed by atoms with Crippen LogP contribution >= 0.6 is 0 Å². The number of nitrogens with zero attached hydrogens (tertiary/aromatic N) is 3. The smallest absolute Gasteiger partial charge is 0.305 e. The first-order chi connectivity index (χ1) is 18.6. The summed E-state index contributed by atoms with van der Waals surface area (Å²) in [7, 11) is -4.37. The Hall–Kier alpha value is -4.16. The number of pyridine rings is 1. The number of sulfonamides is 1. The van der Waals surface area contributed by atoms with Crippen LogP contribution in [0, 0.1) is 12.7 Å². The molecule has 0 aliphatic carbocycles. The summed E-state index contributed by atoms with van der Waals surface area (Å²) >= 11 is 0. The van der Waals surface area contributed by atoms with Crippen LogP contribution in [0.4, 0.5) is 4.39 Å². The lowest BCUT2D eigenvalue weighted by Crippen LogP contribution is -2.63. The predicted octanol–water partition coefficient (Wildman–Crippen LogP) is 2.72. The number of carbonyl (C=O) groups excluding carboxylic acids is 2. The second-order valence-electron chi connectivity index (χ2n) is 9.11. The molecule has 2 N–H and O–H groups in total. The lowest BCUT2D eigenvalue weighted by Gasteiger charge is -2.42. The lowest BCUT2D eigenvalue weighted by atomic mass is 10.0. The fourth-order valence-electron chi connectivity index (χ4n) is 4.49. The molecule has 2 heterocycles. The molecule has 1 aliphatic heterocycles. The number of aromatic nitrogens is 1. The molecule has 12 heteroatoms. The van der Waals surface area contributed by atoms with Crippen LogP contribution < -0.4 is 5.32 Å². The number of carbonyl (C=O) groups is 3. The number of hydrogen-bond acceptors (Lipinski definition) is 6. The topological polar surface area (TPSA) is 137 Å². The number of nitrogens with one attached hydrogen (secondary N) is 1. The standard InChI is InChI=1S/C27H27FN4O6S/c1-18-5-2-6-19(15-18)23(16-24(33)34)30-25(35)26-31(27(36)20-7-3-12-29-17-20)13-4-14-32(26)39(37,38)22-10-8-21(28)9-11-22/h2-3,5-12,15,17,23,26H,4,13-14,16H2,1H3,(H,30,35)(H,33,34). The van der Waals surface area contributed by atoms with Gasteiger partial charge in [-0.1, -0.05) is 29.8 Å². The third kappa shape index (κ3) is 6.29. The highest BCUT2D eigenvalue weighted by Crippen LogP contribution is 2.27. The average Bonchev–Trinajstić information content (AvgIpc) is 2.92. The maximum absolute atomic E-state index is 13.9. The highest BCUT2D eigenvalue weighted by atomic mass is 32.2. The number of aliphatic carboxylic acids is 1. The van der Waals surface area contributed by atoms with Crippen molar-refractivity contribution in [2.45, 2.75) is 36.9 Å². The van der Waals surface area contributed by atoms with E-state index in [0.717, 1.165) is 39.0 Å². The van der Waals surface area contributed by atoms with E-state index in [1.807, 2.05) is 13.0 Å². The normalized spacial score (nSPS) is 16.9. The van der Waals surface area contributed by atoms with Gasteiger partial charge in [0.1, 0.15) is 5.82 Å². The Bertz CT molecular complexity index is 1470. The van der Waals surface area contributed by atoms with E-state index in [1.165, 1.54) is 18.5 Å². The Morgan fingerprint density at radius 3 is 2.49 bits per heavy atom. The molecule has 4 rings (SSSR count). The lowest BCUT2D eigenvalue weighted by molar-refractivity contribution is -0.138. The fraction of sp³-hybridized carbons (Fsp3) is 0.259. The summed E-state index contributed by atoms with van der Waals surface area (Å²) in [6.07, 6.45) is 0.907. The predicted molar refractivity (Wildman–Crippen MR) is 138 cm³/mol. The van der Waals surface area contributed by atoms with Crippen molar-refractivity contribution in [2.75, 3.05) is 13.1 Å². The van der Waals surface area contributed by atoms with Crippen molar-refractivity contribution in [3.05, 3.63) is 95.6 Å². The van der Waals surface area contributed by atoms with Gasteiger partial charge in [-0.15, -0.1) is 0 Å². The summed E-state index contributed by atoms with van der Waals surface area (Å²) in [6, 6.07) is 13.1. The monoisotopic (exact) mass is 554 g/mol. The highest BCUT2D eigenvalue weighted by Gasteiger charge is 2.45. The van der Waals surface area contributed by atoms with Gasteiger partial charge >= 0.3 is 5.97 Å². The third-order valence-electron chi connectivity index (χ3n) is 6.31. The van der Waals surface area contributed by atoms with Gasteiger partial charge in [0.05, 0.1) is 22.9 Å². The minimum Gasteiger partial charge on any atom is -0.481 e. The summed E-state index contributed by atoms with van der Waals surface area (Å²) in [4.78, 5) is 43.8. The zero-order valence-electron chi connectivity index (χ0n) is 21.0. The first kappa shape index (κ1) is 27.9. The Kier molecular flexibility index (Phi) is 8.36. The van der Waals surface area contributed by atoms with Crippen molar-refractivity contribution in [1.29, 1.82) is 0 Å². The molecule has 2 atom stereocenters. The minimum atomic E-state index is -4.37. The van der Waals surface area contributed by atoms with Gasteiger partial charge in [-0.3, -0.25) is 19.4 Å². The second-order valence-corrected chi connectivity index (χ2v) is 11.0. The average molecular weight is 555 g/mol. The van der Waals surface area contributed by atoms with Crippen molar-refractivity contribution in [2.24, 2.45) is 0 Å². The molecule has 2 unspecified atom stereocenters. The van der Waals surface area contributed by atoms with E-state index in [1.54, 1.807) is 24.3 Å². The van der Waals surface area contributed by atoms with E-state index in [-0.39, 0.29) is 30.0 Å². The van der Waals surface area contributed by atoms with E-state index >= 15 is 0 Å². The van der Waals surface area contributed by atoms with Crippen molar-refractivity contribution in [1.82, 2.24) is 19.5 Å². The third-order valence-corrected chi connectivity index (χ3v) is 8.18. The molecular formula is C27H27FN4O6S. The van der Waals surface area contributed by atoms with E-state index in [9.17, 15) is 32.3 Å². The Morgan fingerprint density at radius 1 is 1.10 bits per heavy atom. The number of aryl methyl sites for hydroxylation is 1. The van der Waals surface area contributed by atoms with Crippen molar-refractivity contribution in [3.8, 4) is 0 Å². The second kappa shape index (κ2) is 11.7. The molecule has 10 nitrogen and oxygen atoms in total. The van der Waals surface area contributed by atoms with E-state index in [0.29, 0.717) is 5.56 Å². The first-order valence-corrected chi connectivity index (χ1v) is 13.6. The van der Waals surface area contributed by atoms with Gasteiger partial charge < -0.3 is 15.3 Å². The molecule has 1 aromatic heterocycles. The zero-order chi connectivity index (χ0) is 28.2. The van der Waals surface area contributed by atoms with Crippen LogP contribution in [0.15, 0.2) is 78.0 Å². The summed E-state index contributed by atoms with van der Waals surface area (Å²) in [6.45, 7) is 1.79. The van der Waals surface area contributed by atoms with Gasteiger partial charge in [0, 0.05) is 25.5 Å². The largest absolute Gasteiger partial charge is 0.481 e. The number of carboxylic acid groups (broad SMARTS) is 1. The minimum absolute atomic E-state index is 0.0648. The number of rotatable bonds is 8. The molecule has 0 saturated carbocycles. The van der Waals surface area contributed by atoms with Gasteiger partial charge in [0.25, 0.3) is 11.8 Å². The van der Waals surface area contributed by atoms with Crippen LogP contribution in [-0.4, -0.2) is 64.8 Å². The Labute approximate surface area is 225 Å². The summed E-state index contributed by atoms with van der Waals surface area (Å²) in [5, 5.41) is 12.2. The number of benzene rings is 2. The Morgan fingerprint density at radius 2 is 1.85 bits per heavy atom. The van der Waals surface area contributed by atoms with Gasteiger partial charge in [-0.2, -0.15) is 4.31 Å². The molecule has 39 heavy (non-hydrogen) atoms. The highest BCUT2D eigenvalue weighted by molar-refractivity contribution is 7.89. The molecule has 1 saturated heterocycles. The number of halogens is 1. The number of amides is 2. The molecule has 0 spiro atoms. The molecule has 1 fully saturated rings. The molecule has 0 bridgehead atoms. The molecule has 2 amide bonds. The van der Waals surface area contributed by atoms with E-state index in [4.69, 9.17) is 0 Å². The molecular weight excluding hydrogens is 527 g/mol. The molecule has 0 radical (unpaired) electrons. The van der Waals surface area contributed by atoms with Gasteiger partial charge in [-0.25, -0.2) is 12.8 Å². The van der Waals surface area contributed by atoms with Crippen molar-refractivity contribution in [3.63, 3.8) is 0 Å². The maximum Gasteiger partial charge on any atom is 0.305 e. The first-order valence-electron chi connectivity index (χ1n) is 12.1. The van der Waals surface area contributed by atoms with Gasteiger partial charge in [0.15, 0.2) is 6.17 Å². The van der Waals surface area contributed by atoms with Crippen LogP contribution in [0.1, 0.15) is 40.4 Å². The van der Waals surface area contributed by atoms with Crippen LogP contribution in [0.5, 0.6) is 0 Å². The fourth-order valence-corrected chi connectivity index (χ4v) is 6.08. The quantitative estimate of drug-likeness (QED) is 0.437. The van der Waals surface area contributed by atoms with Gasteiger partial charge in [-0.05, 0) is 55.3 Å². The summed E-state index contributed by atoms with van der Waals surface area (Å²) in [5.74, 6) is -3.30. The van der Waals surface area contributed by atoms with Gasteiger partial charge in [0.2, 0.25) is 10.0 Å². The molecule has 204 valence electrons. The number of carboxylic acids is 1. The summed E-state index contributed by atoms with van der Waals surface area (Å²) in [5.41, 5.74) is 1.50. The number of hydrogen-bond donors (Lipinski definition) is 2. The maximum atomic E-state index is 13.9. The SMILES string of the molecule is Cc1cccc(C(CC(=O)O)NC(=O)C2N(C(=O)c3cccnc3)CCCN2S(=O)(=O)c2ccc(F)cc2)c1. The summed E-state index contributed by atoms with van der Waals surface area (Å²) < 4.78 is 41.8. The van der Waals surface area contributed by atoms with Crippen LogP contribution in [-0.2, 0) is 19.6 Å². The van der Waals surface area contributed by atoms with Crippen LogP contribution in [0.25, 0.3) is 0 Å². The van der Waals surface area contributed by atoms with E-state index < -0.39 is 52.3 Å². The van der Waals surface area contributed by atoms with E-state index in [2.05, 4.69) is 10.3 Å². The zero-order valence-corrected chi connectivity index (χ0v) is 21.8. The van der Waals surface area contributed by atoms with Crippen molar-refractivity contribution >= 4 is 27.8 Å². The van der Waals surface area contributed by atoms with Crippen molar-refractivity contribution < 1.29 is 32.3 Å². The molecule has 2 aromatic carbocycles. The van der Waals surface area contributed by atoms with Crippen LogP contribution in [0.3, 0.4) is 0 Å². The molecule has 3 aromatic rings.